The molecule has 0 heterocycles. The Morgan fingerprint density at radius 2 is 1.04 bits per heavy atom. The van der Waals surface area contributed by atoms with Crippen LogP contribution in [0, 0.1) is 37.5 Å². The largest absolute Gasteiger partial charge is 0.0625 e. The zero-order chi connectivity index (χ0) is 19.7. The molecule has 2 saturated carbocycles. The third kappa shape index (κ3) is 4.22. The van der Waals surface area contributed by atoms with Gasteiger partial charge in [0.15, 0.2) is 0 Å². The molecule has 0 aromatic heterocycles. The summed E-state index contributed by atoms with van der Waals surface area (Å²) in [5, 5.41) is 0. The summed E-state index contributed by atoms with van der Waals surface area (Å²) in [5.41, 5.74) is 5.97. The maximum Gasteiger partial charge on any atom is -0.0128 e. The highest BCUT2D eigenvalue weighted by Crippen LogP contribution is 2.53. The van der Waals surface area contributed by atoms with E-state index < -0.39 is 0 Å². The Morgan fingerprint density at radius 1 is 0.536 bits per heavy atom. The van der Waals surface area contributed by atoms with Gasteiger partial charge in [-0.3, -0.25) is 0 Å². The fraction of sp³-hybridized carbons (Fsp3) is 0.571. The Balaban J connectivity index is 1.66. The minimum absolute atomic E-state index is 0.743. The van der Waals surface area contributed by atoms with Gasteiger partial charge in [0.25, 0.3) is 0 Å². The second-order valence-corrected chi connectivity index (χ2v) is 10.2. The van der Waals surface area contributed by atoms with E-state index in [1.807, 2.05) is 0 Å². The summed E-state index contributed by atoms with van der Waals surface area (Å²) in [6.07, 6.45) is 8.39. The molecule has 0 radical (unpaired) electrons. The summed E-state index contributed by atoms with van der Waals surface area (Å²) in [4.78, 5) is 0. The summed E-state index contributed by atoms with van der Waals surface area (Å²) in [6, 6.07) is 19.0. The van der Waals surface area contributed by atoms with E-state index in [1.54, 1.807) is 11.1 Å². The molecule has 0 nitrogen and oxygen atoms in total. The van der Waals surface area contributed by atoms with Crippen molar-refractivity contribution in [1.29, 1.82) is 0 Å². The monoisotopic (exact) mass is 374 g/mol. The molecule has 6 atom stereocenters. The predicted molar refractivity (Wildman–Crippen MR) is 121 cm³/mol. The highest BCUT2D eigenvalue weighted by atomic mass is 14.5. The first-order valence-electron chi connectivity index (χ1n) is 11.6. The molecule has 0 N–H and O–H groups in total. The van der Waals surface area contributed by atoms with Crippen LogP contribution in [0.1, 0.15) is 86.5 Å². The van der Waals surface area contributed by atoms with Gasteiger partial charge in [-0.25, -0.2) is 0 Å². The zero-order valence-electron chi connectivity index (χ0n) is 18.3. The van der Waals surface area contributed by atoms with E-state index in [1.165, 1.54) is 49.7 Å². The van der Waals surface area contributed by atoms with Crippen molar-refractivity contribution in [1.82, 2.24) is 0 Å². The predicted octanol–water partition coefficient (Wildman–Crippen LogP) is 8.04. The molecule has 28 heavy (non-hydrogen) atoms. The van der Waals surface area contributed by atoms with E-state index in [2.05, 4.69) is 76.2 Å². The van der Waals surface area contributed by atoms with Gasteiger partial charge >= 0.3 is 0 Å². The van der Waals surface area contributed by atoms with Crippen LogP contribution in [0.3, 0.4) is 0 Å². The van der Waals surface area contributed by atoms with Crippen molar-refractivity contribution in [3.63, 3.8) is 0 Å². The third-order valence-electron chi connectivity index (χ3n) is 7.89. The van der Waals surface area contributed by atoms with Gasteiger partial charge in [0, 0.05) is 0 Å². The lowest BCUT2D eigenvalue weighted by molar-refractivity contribution is 0.107. The van der Waals surface area contributed by atoms with Gasteiger partial charge < -0.3 is 0 Å². The molecule has 0 saturated heterocycles. The van der Waals surface area contributed by atoms with E-state index in [0.717, 1.165) is 35.5 Å². The Morgan fingerprint density at radius 3 is 1.64 bits per heavy atom. The molecule has 2 fully saturated rings. The standard InChI is InChI=1S/C28H38/c1-19-5-11-23(12-6-19)25-15-9-22(4)18-28(25)26-16-10-21(3)17-27(26)24-13-7-20(2)8-14-24/h5-8,11-14,21-22,25-28H,9-10,15-18H2,1-4H3. The molecule has 2 aromatic carbocycles. The van der Waals surface area contributed by atoms with Crippen molar-refractivity contribution in [2.24, 2.45) is 23.7 Å². The maximum atomic E-state index is 2.49. The van der Waals surface area contributed by atoms with Gasteiger partial charge in [0.05, 0.1) is 0 Å². The fourth-order valence-corrected chi connectivity index (χ4v) is 6.24. The molecular formula is C28H38. The van der Waals surface area contributed by atoms with Gasteiger partial charge in [-0.2, -0.15) is 0 Å². The fourth-order valence-electron chi connectivity index (χ4n) is 6.24. The molecular weight excluding hydrogens is 336 g/mol. The minimum Gasteiger partial charge on any atom is -0.0625 e. The molecule has 150 valence electrons. The first-order chi connectivity index (χ1) is 13.5. The molecule has 2 aromatic rings. The summed E-state index contributed by atoms with van der Waals surface area (Å²) in [5.74, 6) is 4.92. The van der Waals surface area contributed by atoms with Crippen LogP contribution in [0.4, 0.5) is 0 Å². The van der Waals surface area contributed by atoms with E-state index in [4.69, 9.17) is 0 Å². The lowest BCUT2D eigenvalue weighted by atomic mass is 9.58. The molecule has 2 aliphatic rings. The van der Waals surface area contributed by atoms with Crippen LogP contribution in [0.15, 0.2) is 48.5 Å². The van der Waals surface area contributed by atoms with Crippen LogP contribution in [-0.2, 0) is 0 Å². The number of aryl methyl sites for hydroxylation is 2. The van der Waals surface area contributed by atoms with Gasteiger partial charge in [-0.05, 0) is 86.2 Å². The SMILES string of the molecule is Cc1ccc(C2CC(C)CCC2C2CC(C)CCC2c2ccc(C)cc2)cc1. The number of hydrogen-bond donors (Lipinski definition) is 0. The topological polar surface area (TPSA) is 0 Å². The van der Waals surface area contributed by atoms with Crippen LogP contribution in [0.25, 0.3) is 0 Å². The van der Waals surface area contributed by atoms with Crippen LogP contribution in [0.5, 0.6) is 0 Å². The van der Waals surface area contributed by atoms with Gasteiger partial charge in [-0.1, -0.05) is 86.3 Å². The van der Waals surface area contributed by atoms with Crippen molar-refractivity contribution < 1.29 is 0 Å². The average Bonchev–Trinajstić information content (AvgIpc) is 2.69. The molecule has 2 aliphatic carbocycles. The van der Waals surface area contributed by atoms with Crippen LogP contribution in [0.2, 0.25) is 0 Å². The van der Waals surface area contributed by atoms with Crippen molar-refractivity contribution in [3.8, 4) is 0 Å². The Labute approximate surface area is 172 Å². The summed E-state index contributed by atoms with van der Waals surface area (Å²) in [6.45, 7) is 9.38. The van der Waals surface area contributed by atoms with Crippen LogP contribution < -0.4 is 0 Å². The molecule has 4 rings (SSSR count). The second kappa shape index (κ2) is 8.44. The van der Waals surface area contributed by atoms with Crippen LogP contribution >= 0.6 is 0 Å². The normalized spacial score (nSPS) is 33.6. The number of benzene rings is 2. The summed E-state index contributed by atoms with van der Waals surface area (Å²) >= 11 is 0. The molecule has 0 amide bonds. The van der Waals surface area contributed by atoms with Gasteiger partial charge in [-0.15, -0.1) is 0 Å². The smallest absolute Gasteiger partial charge is 0.0128 e. The van der Waals surface area contributed by atoms with Crippen molar-refractivity contribution in [2.45, 2.75) is 78.1 Å². The zero-order valence-corrected chi connectivity index (χ0v) is 18.3. The average molecular weight is 375 g/mol. The number of hydrogen-bond acceptors (Lipinski definition) is 0. The lowest BCUT2D eigenvalue weighted by Crippen LogP contribution is -2.35. The molecule has 0 spiro atoms. The Hall–Kier alpha value is -1.56. The van der Waals surface area contributed by atoms with Gasteiger partial charge in [0.1, 0.15) is 0 Å². The Kier molecular flexibility index (Phi) is 5.95. The third-order valence-corrected chi connectivity index (χ3v) is 7.89. The highest BCUT2D eigenvalue weighted by molar-refractivity contribution is 5.29. The van der Waals surface area contributed by atoms with Crippen molar-refractivity contribution in [2.75, 3.05) is 0 Å². The van der Waals surface area contributed by atoms with Crippen molar-refractivity contribution >= 4 is 0 Å². The van der Waals surface area contributed by atoms with E-state index in [0.29, 0.717) is 0 Å². The number of rotatable bonds is 3. The maximum absolute atomic E-state index is 2.49. The van der Waals surface area contributed by atoms with Gasteiger partial charge in [0.2, 0.25) is 0 Å². The molecule has 6 unspecified atom stereocenters. The van der Waals surface area contributed by atoms with Crippen LogP contribution in [-0.4, -0.2) is 0 Å². The molecule has 0 bridgehead atoms. The second-order valence-electron chi connectivity index (χ2n) is 10.2. The minimum atomic E-state index is 0.743. The molecule has 0 aliphatic heterocycles. The quantitative estimate of drug-likeness (QED) is 0.510. The first-order valence-corrected chi connectivity index (χ1v) is 11.6. The van der Waals surface area contributed by atoms with E-state index >= 15 is 0 Å². The highest BCUT2D eigenvalue weighted by Gasteiger charge is 2.41. The summed E-state index contributed by atoms with van der Waals surface area (Å²) in [7, 11) is 0. The Bertz CT molecular complexity index is 754. The van der Waals surface area contributed by atoms with E-state index in [9.17, 15) is 0 Å². The first kappa shape index (κ1) is 19.7. The van der Waals surface area contributed by atoms with E-state index in [-0.39, 0.29) is 0 Å². The summed E-state index contributed by atoms with van der Waals surface area (Å²) < 4.78 is 0. The lowest BCUT2D eigenvalue weighted by Gasteiger charge is -2.46. The molecule has 0 heteroatoms. The van der Waals surface area contributed by atoms with Crippen molar-refractivity contribution in [3.05, 3.63) is 70.8 Å².